The molecule has 0 aliphatic rings. The van der Waals surface area contributed by atoms with E-state index in [1.165, 1.54) is 5.56 Å². The summed E-state index contributed by atoms with van der Waals surface area (Å²) in [6.07, 6.45) is -0.0469. The molecule has 0 bridgehead atoms. The van der Waals surface area contributed by atoms with Gasteiger partial charge in [0, 0.05) is 12.1 Å². The standard InChI is InChI=1S/C15H21NO3/c1-9-6-11(3)12(7-10(9)2)16-13(17)8-15(4,5)14(18)19/h6-7H,8H2,1-5H3,(H,16,17)(H,18,19). The number of anilines is 1. The SMILES string of the molecule is Cc1cc(C)c(NC(=O)CC(C)(C)C(=O)O)cc1C. The molecule has 0 atom stereocenters. The van der Waals surface area contributed by atoms with Crippen LogP contribution in [0.3, 0.4) is 0 Å². The van der Waals surface area contributed by atoms with Gasteiger partial charge in [-0.15, -0.1) is 0 Å². The summed E-state index contributed by atoms with van der Waals surface area (Å²) < 4.78 is 0. The summed E-state index contributed by atoms with van der Waals surface area (Å²) in [5.41, 5.74) is 2.93. The van der Waals surface area contributed by atoms with Crippen molar-refractivity contribution in [3.8, 4) is 0 Å². The normalized spacial score (nSPS) is 11.2. The number of benzene rings is 1. The molecule has 0 saturated heterocycles. The third-order valence-corrected chi connectivity index (χ3v) is 3.30. The van der Waals surface area contributed by atoms with Crippen molar-refractivity contribution < 1.29 is 14.7 Å². The molecule has 0 aliphatic heterocycles. The summed E-state index contributed by atoms with van der Waals surface area (Å²) in [6.45, 7) is 9.00. The number of nitrogens with one attached hydrogen (secondary N) is 1. The number of hydrogen-bond donors (Lipinski definition) is 2. The highest BCUT2D eigenvalue weighted by Gasteiger charge is 2.30. The Hall–Kier alpha value is -1.84. The van der Waals surface area contributed by atoms with Gasteiger partial charge in [0.05, 0.1) is 5.41 Å². The Morgan fingerprint density at radius 3 is 2.16 bits per heavy atom. The number of carbonyl (C=O) groups excluding carboxylic acids is 1. The smallest absolute Gasteiger partial charge is 0.309 e. The van der Waals surface area contributed by atoms with Gasteiger partial charge in [0.2, 0.25) is 5.91 Å². The molecule has 0 heterocycles. The van der Waals surface area contributed by atoms with Gasteiger partial charge in [0.15, 0.2) is 0 Å². The van der Waals surface area contributed by atoms with E-state index in [1.807, 2.05) is 32.9 Å². The van der Waals surface area contributed by atoms with E-state index in [0.29, 0.717) is 0 Å². The summed E-state index contributed by atoms with van der Waals surface area (Å²) in [5, 5.41) is 11.8. The summed E-state index contributed by atoms with van der Waals surface area (Å²) in [6, 6.07) is 3.92. The van der Waals surface area contributed by atoms with E-state index in [0.717, 1.165) is 16.8 Å². The van der Waals surface area contributed by atoms with Crippen LogP contribution in [-0.4, -0.2) is 17.0 Å². The van der Waals surface area contributed by atoms with Crippen LogP contribution in [0.2, 0.25) is 0 Å². The molecule has 0 aromatic heterocycles. The zero-order valence-electron chi connectivity index (χ0n) is 12.1. The number of aryl methyl sites for hydroxylation is 3. The maximum absolute atomic E-state index is 11.9. The fourth-order valence-corrected chi connectivity index (χ4v) is 1.77. The quantitative estimate of drug-likeness (QED) is 0.877. The van der Waals surface area contributed by atoms with Gasteiger partial charge >= 0.3 is 5.97 Å². The second-order valence-electron chi connectivity index (χ2n) is 5.67. The van der Waals surface area contributed by atoms with E-state index in [4.69, 9.17) is 5.11 Å². The summed E-state index contributed by atoms with van der Waals surface area (Å²) >= 11 is 0. The minimum absolute atomic E-state index is 0.0469. The van der Waals surface area contributed by atoms with Crippen LogP contribution < -0.4 is 5.32 Å². The van der Waals surface area contributed by atoms with Crippen molar-refractivity contribution in [2.24, 2.45) is 5.41 Å². The third kappa shape index (κ3) is 3.81. The highest BCUT2D eigenvalue weighted by molar-refractivity contribution is 5.94. The summed E-state index contributed by atoms with van der Waals surface area (Å²) in [5.74, 6) is -1.25. The Kier molecular flexibility index (Phi) is 4.35. The zero-order chi connectivity index (χ0) is 14.8. The number of carboxylic acids is 1. The fraction of sp³-hybridized carbons (Fsp3) is 0.467. The molecule has 2 N–H and O–H groups in total. The van der Waals surface area contributed by atoms with Crippen molar-refractivity contribution in [2.45, 2.75) is 41.0 Å². The molecule has 1 aromatic carbocycles. The van der Waals surface area contributed by atoms with Gasteiger partial charge in [0.25, 0.3) is 0 Å². The van der Waals surface area contributed by atoms with E-state index < -0.39 is 11.4 Å². The Morgan fingerprint density at radius 1 is 1.11 bits per heavy atom. The zero-order valence-corrected chi connectivity index (χ0v) is 12.1. The molecule has 0 fully saturated rings. The van der Waals surface area contributed by atoms with Crippen LogP contribution >= 0.6 is 0 Å². The average Bonchev–Trinajstić information content (AvgIpc) is 2.24. The molecule has 0 spiro atoms. The van der Waals surface area contributed by atoms with Crippen LogP contribution in [0.15, 0.2) is 12.1 Å². The van der Waals surface area contributed by atoms with E-state index in [-0.39, 0.29) is 12.3 Å². The first-order valence-electron chi connectivity index (χ1n) is 6.24. The monoisotopic (exact) mass is 263 g/mol. The summed E-state index contributed by atoms with van der Waals surface area (Å²) in [4.78, 5) is 22.9. The van der Waals surface area contributed by atoms with E-state index in [9.17, 15) is 9.59 Å². The Bertz CT molecular complexity index is 518. The van der Waals surface area contributed by atoms with Gasteiger partial charge in [-0.05, 0) is 57.4 Å². The number of carboxylic acid groups (broad SMARTS) is 1. The minimum Gasteiger partial charge on any atom is -0.481 e. The van der Waals surface area contributed by atoms with Crippen LogP contribution in [0, 0.1) is 26.2 Å². The van der Waals surface area contributed by atoms with E-state index >= 15 is 0 Å². The lowest BCUT2D eigenvalue weighted by Crippen LogP contribution is -2.29. The van der Waals surface area contributed by atoms with Gasteiger partial charge < -0.3 is 10.4 Å². The van der Waals surface area contributed by atoms with Crippen molar-refractivity contribution in [3.63, 3.8) is 0 Å². The largest absolute Gasteiger partial charge is 0.481 e. The second-order valence-corrected chi connectivity index (χ2v) is 5.67. The molecular weight excluding hydrogens is 242 g/mol. The van der Waals surface area contributed by atoms with Gasteiger partial charge in [0.1, 0.15) is 0 Å². The first-order valence-corrected chi connectivity index (χ1v) is 6.24. The predicted molar refractivity (Wildman–Crippen MR) is 75.3 cm³/mol. The first-order chi connectivity index (χ1) is 8.63. The molecule has 104 valence electrons. The van der Waals surface area contributed by atoms with Crippen LogP contribution in [0.25, 0.3) is 0 Å². The Balaban J connectivity index is 2.84. The molecule has 1 aromatic rings. The number of rotatable bonds is 4. The molecule has 0 radical (unpaired) electrons. The van der Waals surface area contributed by atoms with Gasteiger partial charge in [-0.3, -0.25) is 9.59 Å². The highest BCUT2D eigenvalue weighted by Crippen LogP contribution is 2.24. The first kappa shape index (κ1) is 15.2. The fourth-order valence-electron chi connectivity index (χ4n) is 1.77. The molecular formula is C15H21NO3. The lowest BCUT2D eigenvalue weighted by Gasteiger charge is -2.19. The highest BCUT2D eigenvalue weighted by atomic mass is 16.4. The summed E-state index contributed by atoms with van der Waals surface area (Å²) in [7, 11) is 0. The van der Waals surface area contributed by atoms with E-state index in [2.05, 4.69) is 5.32 Å². The topological polar surface area (TPSA) is 66.4 Å². The molecule has 0 saturated carbocycles. The molecule has 0 aliphatic carbocycles. The lowest BCUT2D eigenvalue weighted by atomic mass is 9.89. The molecule has 4 nitrogen and oxygen atoms in total. The van der Waals surface area contributed by atoms with Gasteiger partial charge in [-0.1, -0.05) is 6.07 Å². The second kappa shape index (κ2) is 5.43. The third-order valence-electron chi connectivity index (χ3n) is 3.30. The molecule has 1 amide bonds. The molecule has 4 heteroatoms. The number of carbonyl (C=O) groups is 2. The average molecular weight is 263 g/mol. The maximum Gasteiger partial charge on any atom is 0.309 e. The Labute approximate surface area is 113 Å². The lowest BCUT2D eigenvalue weighted by molar-refractivity contribution is -0.148. The van der Waals surface area contributed by atoms with Crippen molar-refractivity contribution in [1.29, 1.82) is 0 Å². The van der Waals surface area contributed by atoms with Crippen LogP contribution in [0.5, 0.6) is 0 Å². The number of hydrogen-bond acceptors (Lipinski definition) is 2. The van der Waals surface area contributed by atoms with Crippen LogP contribution in [0.1, 0.15) is 37.0 Å². The molecule has 0 unspecified atom stereocenters. The predicted octanol–water partition coefficient (Wildman–Crippen LogP) is 3.05. The molecule has 19 heavy (non-hydrogen) atoms. The minimum atomic E-state index is -1.06. The van der Waals surface area contributed by atoms with Crippen molar-refractivity contribution in [2.75, 3.05) is 5.32 Å². The van der Waals surface area contributed by atoms with Gasteiger partial charge in [-0.25, -0.2) is 0 Å². The van der Waals surface area contributed by atoms with Crippen molar-refractivity contribution in [1.82, 2.24) is 0 Å². The van der Waals surface area contributed by atoms with Crippen LogP contribution in [-0.2, 0) is 9.59 Å². The maximum atomic E-state index is 11.9. The van der Waals surface area contributed by atoms with E-state index in [1.54, 1.807) is 13.8 Å². The number of amides is 1. The Morgan fingerprint density at radius 2 is 1.63 bits per heavy atom. The van der Waals surface area contributed by atoms with Crippen molar-refractivity contribution in [3.05, 3.63) is 28.8 Å². The van der Waals surface area contributed by atoms with Crippen LogP contribution in [0.4, 0.5) is 5.69 Å². The van der Waals surface area contributed by atoms with Crippen molar-refractivity contribution >= 4 is 17.6 Å². The van der Waals surface area contributed by atoms with Gasteiger partial charge in [-0.2, -0.15) is 0 Å². The molecule has 1 rings (SSSR count). The number of aliphatic carboxylic acids is 1.